The predicted octanol–water partition coefficient (Wildman–Crippen LogP) is 3.98. The molecule has 3 aromatic rings. The second-order valence-corrected chi connectivity index (χ2v) is 6.42. The number of carbonyl (C=O) groups excluding carboxylic acids is 1. The van der Waals surface area contributed by atoms with Crippen molar-refractivity contribution >= 4 is 16.8 Å². The molecule has 1 aliphatic heterocycles. The molecule has 0 N–H and O–H groups in total. The van der Waals surface area contributed by atoms with Crippen LogP contribution in [-0.4, -0.2) is 27.3 Å². The van der Waals surface area contributed by atoms with E-state index in [1.807, 2.05) is 29.3 Å². The number of carbonyl (C=O) groups is 1. The molecule has 1 aromatic heterocycles. The maximum Gasteiger partial charge on any atom is 0.298 e. The fraction of sp³-hybridized carbons (Fsp3) is 0.227. The standard InChI is InChI=1S/C22H19N3O/c1-2-7-21(26)25-11-6-10-20(25)19-13-17(16-8-4-3-5-9-16)12-18-14-23-15-24-22(18)19/h3-5,8-9,12-15,20H,6,10-11H2,1H3. The van der Waals surface area contributed by atoms with Crippen LogP contribution in [0.15, 0.2) is 55.0 Å². The lowest BCUT2D eigenvalue weighted by atomic mass is 9.95. The van der Waals surface area contributed by atoms with E-state index in [1.165, 1.54) is 0 Å². The molecule has 0 radical (unpaired) electrons. The van der Waals surface area contributed by atoms with Crippen LogP contribution >= 0.6 is 0 Å². The second-order valence-electron chi connectivity index (χ2n) is 6.42. The van der Waals surface area contributed by atoms with Crippen LogP contribution in [-0.2, 0) is 4.79 Å². The minimum Gasteiger partial charge on any atom is -0.325 e. The molecule has 4 heteroatoms. The van der Waals surface area contributed by atoms with Crippen molar-refractivity contribution in [1.82, 2.24) is 14.9 Å². The molecule has 1 aliphatic rings. The van der Waals surface area contributed by atoms with Crippen molar-refractivity contribution in [2.45, 2.75) is 25.8 Å². The summed E-state index contributed by atoms with van der Waals surface area (Å²) < 4.78 is 0. The van der Waals surface area contributed by atoms with Crippen LogP contribution in [0.25, 0.3) is 22.0 Å². The maximum absolute atomic E-state index is 12.4. The SMILES string of the molecule is CC#CC(=O)N1CCCC1c1cc(-c2ccccc2)cc2cncnc12. The van der Waals surface area contributed by atoms with Gasteiger partial charge in [0.25, 0.3) is 5.91 Å². The third kappa shape index (κ3) is 2.93. The molecule has 26 heavy (non-hydrogen) atoms. The number of benzene rings is 2. The van der Waals surface area contributed by atoms with Crippen molar-refractivity contribution < 1.29 is 4.79 Å². The first-order chi connectivity index (χ1) is 12.8. The van der Waals surface area contributed by atoms with Crippen molar-refractivity contribution in [2.75, 3.05) is 6.54 Å². The van der Waals surface area contributed by atoms with Crippen molar-refractivity contribution in [1.29, 1.82) is 0 Å². The summed E-state index contributed by atoms with van der Waals surface area (Å²) >= 11 is 0. The van der Waals surface area contributed by atoms with Gasteiger partial charge in [-0.15, -0.1) is 0 Å². The molecule has 0 aliphatic carbocycles. The van der Waals surface area contributed by atoms with Crippen LogP contribution in [0.2, 0.25) is 0 Å². The van der Waals surface area contributed by atoms with Gasteiger partial charge in [0, 0.05) is 23.7 Å². The Morgan fingerprint density at radius 2 is 2.04 bits per heavy atom. The fourth-order valence-electron chi connectivity index (χ4n) is 3.70. The monoisotopic (exact) mass is 341 g/mol. The Hall–Kier alpha value is -3.19. The largest absolute Gasteiger partial charge is 0.325 e. The lowest BCUT2D eigenvalue weighted by Crippen LogP contribution is -2.29. The molecule has 0 bridgehead atoms. The maximum atomic E-state index is 12.4. The number of likely N-dealkylation sites (tertiary alicyclic amines) is 1. The highest BCUT2D eigenvalue weighted by Crippen LogP contribution is 2.37. The lowest BCUT2D eigenvalue weighted by molar-refractivity contribution is -0.125. The smallest absolute Gasteiger partial charge is 0.298 e. The average molecular weight is 341 g/mol. The summed E-state index contributed by atoms with van der Waals surface area (Å²) in [5.41, 5.74) is 4.24. The molecule has 4 rings (SSSR count). The summed E-state index contributed by atoms with van der Waals surface area (Å²) in [7, 11) is 0. The molecule has 2 aromatic carbocycles. The van der Waals surface area contributed by atoms with Crippen LogP contribution in [0.4, 0.5) is 0 Å². The third-order valence-corrected chi connectivity index (χ3v) is 4.85. The van der Waals surface area contributed by atoms with Crippen molar-refractivity contribution in [3.8, 4) is 23.0 Å². The Balaban J connectivity index is 1.88. The van der Waals surface area contributed by atoms with E-state index in [0.29, 0.717) is 0 Å². The van der Waals surface area contributed by atoms with Crippen molar-refractivity contribution in [3.63, 3.8) is 0 Å². The summed E-state index contributed by atoms with van der Waals surface area (Å²) in [6.45, 7) is 2.43. The summed E-state index contributed by atoms with van der Waals surface area (Å²) in [5.74, 6) is 5.30. The molecule has 0 spiro atoms. The number of rotatable bonds is 2. The molecule has 1 fully saturated rings. The molecule has 1 unspecified atom stereocenters. The number of hydrogen-bond acceptors (Lipinski definition) is 3. The fourth-order valence-corrected chi connectivity index (χ4v) is 3.70. The highest BCUT2D eigenvalue weighted by Gasteiger charge is 2.31. The Morgan fingerprint density at radius 1 is 1.19 bits per heavy atom. The number of nitrogens with zero attached hydrogens (tertiary/aromatic N) is 3. The Morgan fingerprint density at radius 3 is 2.85 bits per heavy atom. The van der Waals surface area contributed by atoms with Crippen LogP contribution in [0.1, 0.15) is 31.4 Å². The molecule has 1 atom stereocenters. The molecular weight excluding hydrogens is 322 g/mol. The molecule has 1 amide bonds. The first-order valence-electron chi connectivity index (χ1n) is 8.80. The predicted molar refractivity (Wildman–Crippen MR) is 102 cm³/mol. The van der Waals surface area contributed by atoms with E-state index in [-0.39, 0.29) is 11.9 Å². The Bertz CT molecular complexity index is 1020. The number of fused-ring (bicyclic) bond motifs is 1. The van der Waals surface area contributed by atoms with Crippen molar-refractivity contribution in [3.05, 3.63) is 60.6 Å². The van der Waals surface area contributed by atoms with Gasteiger partial charge in [-0.2, -0.15) is 0 Å². The molecular formula is C22H19N3O. The first-order valence-corrected chi connectivity index (χ1v) is 8.80. The van der Waals surface area contributed by atoms with E-state index in [2.05, 4.69) is 46.1 Å². The van der Waals surface area contributed by atoms with Crippen LogP contribution in [0.5, 0.6) is 0 Å². The summed E-state index contributed by atoms with van der Waals surface area (Å²) in [6.07, 6.45) is 5.31. The van der Waals surface area contributed by atoms with E-state index >= 15 is 0 Å². The van der Waals surface area contributed by atoms with E-state index in [4.69, 9.17) is 0 Å². The highest BCUT2D eigenvalue weighted by atomic mass is 16.2. The first kappa shape index (κ1) is 16.3. The Labute approximate surface area is 152 Å². The average Bonchev–Trinajstić information content (AvgIpc) is 3.18. The topological polar surface area (TPSA) is 46.1 Å². The minimum atomic E-state index is -0.109. The number of aromatic nitrogens is 2. The van der Waals surface area contributed by atoms with E-state index < -0.39 is 0 Å². The van der Waals surface area contributed by atoms with E-state index in [9.17, 15) is 4.79 Å². The van der Waals surface area contributed by atoms with Crippen LogP contribution in [0, 0.1) is 11.8 Å². The molecule has 1 saturated heterocycles. The zero-order valence-corrected chi connectivity index (χ0v) is 14.6. The van der Waals surface area contributed by atoms with Gasteiger partial charge >= 0.3 is 0 Å². The zero-order valence-electron chi connectivity index (χ0n) is 14.6. The lowest BCUT2D eigenvalue weighted by Gasteiger charge is -2.24. The van der Waals surface area contributed by atoms with E-state index in [1.54, 1.807) is 13.3 Å². The summed E-state index contributed by atoms with van der Waals surface area (Å²) in [6, 6.07) is 14.5. The Kier molecular flexibility index (Phi) is 4.37. The van der Waals surface area contributed by atoms with Crippen molar-refractivity contribution in [2.24, 2.45) is 0 Å². The van der Waals surface area contributed by atoms with Gasteiger partial charge in [-0.3, -0.25) is 4.79 Å². The van der Waals surface area contributed by atoms with Gasteiger partial charge in [0.05, 0.1) is 11.6 Å². The van der Waals surface area contributed by atoms with Gasteiger partial charge in [-0.1, -0.05) is 36.3 Å². The van der Waals surface area contributed by atoms with Crippen LogP contribution in [0.3, 0.4) is 0 Å². The normalized spacial score (nSPS) is 16.3. The number of hydrogen-bond donors (Lipinski definition) is 0. The zero-order chi connectivity index (χ0) is 17.9. The van der Waals surface area contributed by atoms with Gasteiger partial charge in [0.15, 0.2) is 0 Å². The van der Waals surface area contributed by atoms with Crippen LogP contribution < -0.4 is 0 Å². The summed E-state index contributed by atoms with van der Waals surface area (Å²) in [5, 5.41) is 0.990. The molecule has 128 valence electrons. The third-order valence-electron chi connectivity index (χ3n) is 4.85. The number of amides is 1. The summed E-state index contributed by atoms with van der Waals surface area (Å²) in [4.78, 5) is 23.0. The van der Waals surface area contributed by atoms with Gasteiger partial charge < -0.3 is 4.90 Å². The molecule has 0 saturated carbocycles. The highest BCUT2D eigenvalue weighted by molar-refractivity contribution is 5.95. The van der Waals surface area contributed by atoms with Gasteiger partial charge in [0.2, 0.25) is 0 Å². The van der Waals surface area contributed by atoms with E-state index in [0.717, 1.165) is 47.0 Å². The minimum absolute atomic E-state index is 0.00409. The van der Waals surface area contributed by atoms with Gasteiger partial charge in [-0.05, 0) is 48.9 Å². The van der Waals surface area contributed by atoms with Gasteiger partial charge in [0.1, 0.15) is 6.33 Å². The second kappa shape index (κ2) is 6.97. The molecule has 4 nitrogen and oxygen atoms in total. The molecule has 2 heterocycles. The van der Waals surface area contributed by atoms with Gasteiger partial charge in [-0.25, -0.2) is 9.97 Å². The quantitative estimate of drug-likeness (QED) is 0.662.